The van der Waals surface area contributed by atoms with Crippen molar-refractivity contribution in [1.29, 1.82) is 0 Å². The molecule has 0 aliphatic rings. The number of imidazole rings is 1. The molecule has 0 radical (unpaired) electrons. The van der Waals surface area contributed by atoms with Crippen LogP contribution in [0.15, 0.2) is 48.7 Å². The van der Waals surface area contributed by atoms with Gasteiger partial charge in [-0.05, 0) is 49.4 Å². The van der Waals surface area contributed by atoms with E-state index in [1.807, 2.05) is 19.9 Å². The molecule has 1 amide bonds. The molecule has 4 rings (SSSR count). The van der Waals surface area contributed by atoms with Gasteiger partial charge in [0.15, 0.2) is 0 Å². The van der Waals surface area contributed by atoms with Crippen LogP contribution >= 0.6 is 11.6 Å². The number of hydrogen-bond acceptors (Lipinski definition) is 4. The predicted molar refractivity (Wildman–Crippen MR) is 118 cm³/mol. The first-order valence-electron chi connectivity index (χ1n) is 9.99. The average molecular weight is 460 g/mol. The number of aryl methyl sites for hydroxylation is 2. The lowest BCUT2D eigenvalue weighted by molar-refractivity contribution is -0.0964. The minimum atomic E-state index is -3.80. The SMILES string of the molecule is CCc1nc2cc(C(=O)Nc3ccc(OC(F)(F)Cl)cc3)cc(-c3ccn[nH]3)c2n1CC. The van der Waals surface area contributed by atoms with Gasteiger partial charge in [0.1, 0.15) is 11.6 Å². The first-order valence-corrected chi connectivity index (χ1v) is 10.4. The van der Waals surface area contributed by atoms with Crippen molar-refractivity contribution in [2.75, 3.05) is 5.32 Å². The highest BCUT2D eigenvalue weighted by Gasteiger charge is 2.27. The summed E-state index contributed by atoms with van der Waals surface area (Å²) in [6.45, 7) is 4.82. The van der Waals surface area contributed by atoms with Gasteiger partial charge in [-0.15, -0.1) is 8.78 Å². The van der Waals surface area contributed by atoms with Crippen LogP contribution in [-0.4, -0.2) is 31.2 Å². The lowest BCUT2D eigenvalue weighted by Gasteiger charge is -2.12. The van der Waals surface area contributed by atoms with Crippen LogP contribution in [0, 0.1) is 0 Å². The van der Waals surface area contributed by atoms with Crippen LogP contribution < -0.4 is 10.1 Å². The lowest BCUT2D eigenvalue weighted by atomic mass is 10.0. The molecule has 2 aromatic carbocycles. The molecule has 2 N–H and O–H groups in total. The second kappa shape index (κ2) is 8.58. The number of H-pyrrole nitrogens is 1. The van der Waals surface area contributed by atoms with Gasteiger partial charge in [0, 0.05) is 47.6 Å². The van der Waals surface area contributed by atoms with Crippen molar-refractivity contribution < 1.29 is 18.3 Å². The Kier molecular flexibility index (Phi) is 5.84. The molecule has 4 aromatic rings. The molecule has 10 heteroatoms. The maximum atomic E-state index is 13.0. The molecule has 0 saturated heterocycles. The first-order chi connectivity index (χ1) is 15.3. The zero-order chi connectivity index (χ0) is 22.9. The lowest BCUT2D eigenvalue weighted by Crippen LogP contribution is -2.16. The quantitative estimate of drug-likeness (QED) is 0.361. The number of nitrogens with zero attached hydrogens (tertiary/aromatic N) is 3. The summed E-state index contributed by atoms with van der Waals surface area (Å²) in [7, 11) is 0. The van der Waals surface area contributed by atoms with Gasteiger partial charge in [-0.25, -0.2) is 4.98 Å². The zero-order valence-electron chi connectivity index (χ0n) is 17.3. The fourth-order valence-electron chi connectivity index (χ4n) is 3.61. The topological polar surface area (TPSA) is 84.8 Å². The number of halogens is 3. The second-order valence-corrected chi connectivity index (χ2v) is 7.45. The van der Waals surface area contributed by atoms with Crippen LogP contribution in [0.2, 0.25) is 0 Å². The fraction of sp³-hybridized carbons (Fsp3) is 0.227. The summed E-state index contributed by atoms with van der Waals surface area (Å²) in [6, 6.07) is 10.8. The van der Waals surface area contributed by atoms with E-state index in [1.165, 1.54) is 24.3 Å². The number of rotatable bonds is 7. The third kappa shape index (κ3) is 4.43. The van der Waals surface area contributed by atoms with Gasteiger partial charge in [0.05, 0.1) is 16.7 Å². The number of nitrogens with one attached hydrogen (secondary N) is 2. The number of carbonyl (C=O) groups is 1. The van der Waals surface area contributed by atoms with E-state index in [1.54, 1.807) is 18.3 Å². The van der Waals surface area contributed by atoms with Crippen LogP contribution in [-0.2, 0) is 13.0 Å². The van der Waals surface area contributed by atoms with Crippen LogP contribution in [0.4, 0.5) is 14.5 Å². The van der Waals surface area contributed by atoms with Gasteiger partial charge in [-0.3, -0.25) is 9.89 Å². The summed E-state index contributed by atoms with van der Waals surface area (Å²) < 4.78 is 31.9. The maximum absolute atomic E-state index is 13.0. The normalized spacial score (nSPS) is 11.7. The Bertz CT molecular complexity index is 1250. The predicted octanol–water partition coefficient (Wildman–Crippen LogP) is 5.43. The minimum absolute atomic E-state index is 0.122. The van der Waals surface area contributed by atoms with E-state index < -0.39 is 5.57 Å². The molecule has 0 spiro atoms. The van der Waals surface area contributed by atoms with Gasteiger partial charge in [-0.2, -0.15) is 5.10 Å². The van der Waals surface area contributed by atoms with E-state index >= 15 is 0 Å². The highest BCUT2D eigenvalue weighted by atomic mass is 35.5. The van der Waals surface area contributed by atoms with E-state index in [4.69, 9.17) is 16.6 Å². The zero-order valence-corrected chi connectivity index (χ0v) is 18.1. The summed E-state index contributed by atoms with van der Waals surface area (Å²) in [6.07, 6.45) is 2.40. The van der Waals surface area contributed by atoms with Crippen LogP contribution in [0.5, 0.6) is 5.75 Å². The summed E-state index contributed by atoms with van der Waals surface area (Å²) in [5.74, 6) is 0.434. The molecule has 0 atom stereocenters. The number of aromatic amines is 1. The van der Waals surface area contributed by atoms with Crippen molar-refractivity contribution in [2.24, 2.45) is 0 Å². The molecule has 0 fully saturated rings. The highest BCUT2D eigenvalue weighted by Crippen LogP contribution is 2.31. The molecule has 2 heterocycles. The average Bonchev–Trinajstić information content (AvgIpc) is 3.40. The molecule has 32 heavy (non-hydrogen) atoms. The van der Waals surface area contributed by atoms with Crippen molar-refractivity contribution in [3.8, 4) is 17.0 Å². The number of hydrogen-bond donors (Lipinski definition) is 2. The molecule has 0 aliphatic heterocycles. The Morgan fingerprint density at radius 1 is 1.22 bits per heavy atom. The Morgan fingerprint density at radius 2 is 1.97 bits per heavy atom. The van der Waals surface area contributed by atoms with Crippen LogP contribution in [0.25, 0.3) is 22.3 Å². The van der Waals surface area contributed by atoms with E-state index in [0.717, 1.165) is 35.6 Å². The number of anilines is 1. The number of alkyl halides is 3. The van der Waals surface area contributed by atoms with E-state index in [2.05, 4.69) is 24.8 Å². The number of fused-ring (bicyclic) bond motifs is 1. The number of ether oxygens (including phenoxy) is 1. The number of carbonyl (C=O) groups excluding carboxylic acids is 1. The molecule has 0 saturated carbocycles. The van der Waals surface area contributed by atoms with E-state index in [9.17, 15) is 13.6 Å². The number of benzene rings is 2. The third-order valence-corrected chi connectivity index (χ3v) is 5.03. The van der Waals surface area contributed by atoms with Crippen molar-refractivity contribution >= 4 is 34.2 Å². The highest BCUT2D eigenvalue weighted by molar-refractivity contribution is 6.20. The molecular weight excluding hydrogens is 440 g/mol. The summed E-state index contributed by atoms with van der Waals surface area (Å²) >= 11 is 4.77. The Balaban J connectivity index is 1.69. The van der Waals surface area contributed by atoms with Gasteiger partial charge < -0.3 is 14.6 Å². The maximum Gasteiger partial charge on any atom is 0.487 e. The van der Waals surface area contributed by atoms with Crippen molar-refractivity contribution in [2.45, 2.75) is 32.4 Å². The monoisotopic (exact) mass is 459 g/mol. The first kappa shape index (κ1) is 21.8. The van der Waals surface area contributed by atoms with Crippen molar-refractivity contribution in [3.63, 3.8) is 0 Å². The van der Waals surface area contributed by atoms with Crippen LogP contribution in [0.1, 0.15) is 30.0 Å². The molecule has 166 valence electrons. The van der Waals surface area contributed by atoms with Crippen molar-refractivity contribution in [1.82, 2.24) is 19.7 Å². The van der Waals surface area contributed by atoms with Gasteiger partial charge in [-0.1, -0.05) is 6.92 Å². The summed E-state index contributed by atoms with van der Waals surface area (Å²) in [5, 5.41) is 9.75. The number of aromatic nitrogens is 4. The number of amides is 1. The van der Waals surface area contributed by atoms with E-state index in [-0.39, 0.29) is 11.7 Å². The molecule has 2 aromatic heterocycles. The molecule has 0 bridgehead atoms. The smallest absolute Gasteiger partial charge is 0.420 e. The van der Waals surface area contributed by atoms with Gasteiger partial charge in [0.2, 0.25) is 0 Å². The fourth-order valence-corrected chi connectivity index (χ4v) is 3.70. The van der Waals surface area contributed by atoms with Crippen LogP contribution in [0.3, 0.4) is 0 Å². The molecular formula is C22H20ClF2N5O2. The van der Waals surface area contributed by atoms with Gasteiger partial charge >= 0.3 is 5.57 Å². The second-order valence-electron chi connectivity index (χ2n) is 7.01. The molecule has 0 unspecified atom stereocenters. The Hall–Kier alpha value is -3.46. The van der Waals surface area contributed by atoms with E-state index in [0.29, 0.717) is 16.8 Å². The Morgan fingerprint density at radius 3 is 2.56 bits per heavy atom. The standard InChI is InChI=1S/C22H20ClF2N5O2/c1-3-19-28-18-12-13(11-16(17-9-10-26-29-17)20(18)30(19)4-2)21(31)27-14-5-7-15(8-6-14)32-22(23,24)25/h5-12H,3-4H2,1-2H3,(H,26,29)(H,27,31). The molecule has 0 aliphatic carbocycles. The summed E-state index contributed by atoms with van der Waals surface area (Å²) in [5.41, 5.74) is 0.220. The van der Waals surface area contributed by atoms with Crippen molar-refractivity contribution in [3.05, 3.63) is 60.0 Å². The van der Waals surface area contributed by atoms with Gasteiger partial charge in [0.25, 0.3) is 5.91 Å². The molecule has 7 nitrogen and oxygen atoms in total. The minimum Gasteiger partial charge on any atom is -0.420 e. The summed E-state index contributed by atoms with van der Waals surface area (Å²) in [4.78, 5) is 17.7. The largest absolute Gasteiger partial charge is 0.487 e. The third-order valence-electron chi connectivity index (χ3n) is 4.95. The Labute approximate surface area is 187 Å².